The summed E-state index contributed by atoms with van der Waals surface area (Å²) in [5.41, 5.74) is 4.92. The smallest absolute Gasteiger partial charge is 0.234 e. The fourth-order valence-corrected chi connectivity index (χ4v) is 3.39. The van der Waals surface area contributed by atoms with E-state index in [9.17, 15) is 4.79 Å². The zero-order valence-electron chi connectivity index (χ0n) is 11.6. The summed E-state index contributed by atoms with van der Waals surface area (Å²) in [6, 6.07) is 0. The molecule has 4 N–H and O–H groups in total. The van der Waals surface area contributed by atoms with E-state index >= 15 is 0 Å². The number of aryl methyl sites for hydroxylation is 1. The van der Waals surface area contributed by atoms with Gasteiger partial charge in [-0.15, -0.1) is 11.3 Å². The topological polar surface area (TPSA) is 101 Å². The van der Waals surface area contributed by atoms with Gasteiger partial charge in [-0.3, -0.25) is 4.79 Å². The second-order valence-corrected chi connectivity index (χ2v) is 6.49. The first-order valence-corrected chi connectivity index (χ1v) is 7.58. The third-order valence-electron chi connectivity index (χ3n) is 3.81. The molecule has 1 amide bonds. The van der Waals surface area contributed by atoms with Gasteiger partial charge < -0.3 is 16.3 Å². The van der Waals surface area contributed by atoms with E-state index in [1.165, 1.54) is 0 Å². The number of nitrogens with two attached hydrogens (primary N) is 1. The molecule has 1 fully saturated rings. The number of hydrogen-bond donors (Lipinski definition) is 3. The fraction of sp³-hybridized carbons (Fsp3) is 0.615. The SMILES string of the molecule is Cc1cnc(CNC(=O)C2(C(N)=NO)CCCCC2)s1. The summed E-state index contributed by atoms with van der Waals surface area (Å²) < 4.78 is 0. The standard InChI is InChI=1S/C13H20N4O2S/c1-9-7-15-10(20-9)8-16-12(18)13(11(14)17-19)5-3-2-4-6-13/h7,19H,2-6,8H2,1H3,(H2,14,17)(H,16,18). The lowest BCUT2D eigenvalue weighted by Gasteiger charge is -2.34. The van der Waals surface area contributed by atoms with E-state index in [0.29, 0.717) is 19.4 Å². The van der Waals surface area contributed by atoms with Crippen LogP contribution in [0.5, 0.6) is 0 Å². The summed E-state index contributed by atoms with van der Waals surface area (Å²) in [7, 11) is 0. The minimum Gasteiger partial charge on any atom is -0.409 e. The summed E-state index contributed by atoms with van der Waals surface area (Å²) in [5, 5.41) is 15.8. The summed E-state index contributed by atoms with van der Waals surface area (Å²) >= 11 is 1.55. The van der Waals surface area contributed by atoms with Crippen LogP contribution in [-0.2, 0) is 11.3 Å². The molecule has 1 saturated carbocycles. The molecule has 1 heterocycles. The Bertz CT molecular complexity index is 506. The Hall–Kier alpha value is -1.63. The highest BCUT2D eigenvalue weighted by atomic mass is 32.1. The molecule has 110 valence electrons. The highest BCUT2D eigenvalue weighted by molar-refractivity contribution is 7.11. The van der Waals surface area contributed by atoms with Crippen LogP contribution >= 0.6 is 11.3 Å². The minimum atomic E-state index is -0.862. The number of nitrogens with one attached hydrogen (secondary N) is 1. The lowest BCUT2D eigenvalue weighted by Crippen LogP contribution is -2.50. The number of carbonyl (C=O) groups excluding carboxylic acids is 1. The Labute approximate surface area is 122 Å². The third kappa shape index (κ3) is 2.92. The van der Waals surface area contributed by atoms with Gasteiger partial charge >= 0.3 is 0 Å². The van der Waals surface area contributed by atoms with E-state index in [1.807, 2.05) is 6.92 Å². The summed E-state index contributed by atoms with van der Waals surface area (Å²) in [5.74, 6) is -0.148. The van der Waals surface area contributed by atoms with Gasteiger partial charge in [-0.05, 0) is 19.8 Å². The molecule has 0 unspecified atom stereocenters. The molecular weight excluding hydrogens is 276 g/mol. The number of carbonyl (C=O) groups is 1. The molecule has 0 aromatic carbocycles. The first kappa shape index (κ1) is 14.8. The van der Waals surface area contributed by atoms with Crippen molar-refractivity contribution in [3.05, 3.63) is 16.1 Å². The number of hydrogen-bond acceptors (Lipinski definition) is 5. The summed E-state index contributed by atoms with van der Waals surface area (Å²) in [6.07, 6.45) is 5.96. The van der Waals surface area contributed by atoms with E-state index in [2.05, 4.69) is 15.5 Å². The van der Waals surface area contributed by atoms with E-state index in [4.69, 9.17) is 10.9 Å². The van der Waals surface area contributed by atoms with Crippen molar-refractivity contribution in [1.82, 2.24) is 10.3 Å². The normalized spacial score (nSPS) is 18.8. The van der Waals surface area contributed by atoms with Crippen molar-refractivity contribution in [3.63, 3.8) is 0 Å². The van der Waals surface area contributed by atoms with Gasteiger partial charge in [0.25, 0.3) is 0 Å². The largest absolute Gasteiger partial charge is 0.409 e. The second-order valence-electron chi connectivity index (χ2n) is 5.18. The monoisotopic (exact) mass is 296 g/mol. The molecule has 1 aliphatic carbocycles. The Balaban J connectivity index is 2.07. The van der Waals surface area contributed by atoms with Gasteiger partial charge in [0.2, 0.25) is 5.91 Å². The zero-order valence-corrected chi connectivity index (χ0v) is 12.4. The highest BCUT2D eigenvalue weighted by Gasteiger charge is 2.43. The maximum Gasteiger partial charge on any atom is 0.234 e. The second kappa shape index (κ2) is 6.21. The van der Waals surface area contributed by atoms with E-state index in [0.717, 1.165) is 29.1 Å². The molecule has 2 rings (SSSR count). The van der Waals surface area contributed by atoms with Crippen molar-refractivity contribution < 1.29 is 10.0 Å². The molecule has 0 radical (unpaired) electrons. The molecule has 20 heavy (non-hydrogen) atoms. The van der Waals surface area contributed by atoms with Crippen molar-refractivity contribution in [3.8, 4) is 0 Å². The van der Waals surface area contributed by atoms with Crippen LogP contribution in [0.15, 0.2) is 11.4 Å². The van der Waals surface area contributed by atoms with E-state index in [-0.39, 0.29) is 11.7 Å². The highest BCUT2D eigenvalue weighted by Crippen LogP contribution is 2.37. The maximum atomic E-state index is 12.5. The van der Waals surface area contributed by atoms with Crippen LogP contribution in [0.2, 0.25) is 0 Å². The molecule has 1 aliphatic rings. The molecule has 1 aromatic rings. The van der Waals surface area contributed by atoms with E-state index in [1.54, 1.807) is 17.5 Å². The van der Waals surface area contributed by atoms with Crippen LogP contribution in [0, 0.1) is 12.3 Å². The molecule has 0 spiro atoms. The number of thiazole rings is 1. The van der Waals surface area contributed by atoms with Gasteiger partial charge in [0, 0.05) is 11.1 Å². The van der Waals surface area contributed by atoms with Gasteiger partial charge in [-0.2, -0.15) is 0 Å². The van der Waals surface area contributed by atoms with Crippen LogP contribution in [0.4, 0.5) is 0 Å². The minimum absolute atomic E-state index is 0.0185. The number of rotatable bonds is 4. The average molecular weight is 296 g/mol. The van der Waals surface area contributed by atoms with Gasteiger partial charge in [-0.25, -0.2) is 4.98 Å². The first-order valence-electron chi connectivity index (χ1n) is 6.76. The average Bonchev–Trinajstić information content (AvgIpc) is 2.90. The van der Waals surface area contributed by atoms with Crippen LogP contribution in [0.3, 0.4) is 0 Å². The number of oxime groups is 1. The number of nitrogens with zero attached hydrogens (tertiary/aromatic N) is 2. The number of amides is 1. The van der Waals surface area contributed by atoms with Crippen LogP contribution in [0.25, 0.3) is 0 Å². The number of aromatic nitrogens is 1. The van der Waals surface area contributed by atoms with E-state index < -0.39 is 5.41 Å². The van der Waals surface area contributed by atoms with Gasteiger partial charge in [0.15, 0.2) is 5.84 Å². The van der Waals surface area contributed by atoms with Gasteiger partial charge in [0.1, 0.15) is 10.4 Å². The number of amidine groups is 1. The molecule has 6 nitrogen and oxygen atoms in total. The van der Waals surface area contributed by atoms with Crippen LogP contribution in [-0.4, -0.2) is 21.9 Å². The van der Waals surface area contributed by atoms with Crippen molar-refractivity contribution in [2.24, 2.45) is 16.3 Å². The zero-order chi connectivity index (χ0) is 14.6. The van der Waals surface area contributed by atoms with Gasteiger partial charge in [0.05, 0.1) is 6.54 Å². The lowest BCUT2D eigenvalue weighted by molar-refractivity contribution is -0.129. The van der Waals surface area contributed by atoms with Crippen molar-refractivity contribution in [1.29, 1.82) is 0 Å². The van der Waals surface area contributed by atoms with Gasteiger partial charge in [-0.1, -0.05) is 24.4 Å². The van der Waals surface area contributed by atoms with Crippen molar-refractivity contribution in [2.45, 2.75) is 45.6 Å². The molecule has 1 aromatic heterocycles. The quantitative estimate of drug-likeness (QED) is 0.341. The predicted molar refractivity (Wildman–Crippen MR) is 77.6 cm³/mol. The third-order valence-corrected chi connectivity index (χ3v) is 4.72. The Morgan fingerprint density at radius 2 is 2.25 bits per heavy atom. The van der Waals surface area contributed by atoms with Crippen molar-refractivity contribution >= 4 is 23.1 Å². The predicted octanol–water partition coefficient (Wildman–Crippen LogP) is 1.76. The molecule has 0 bridgehead atoms. The Morgan fingerprint density at radius 3 is 2.80 bits per heavy atom. The first-order chi connectivity index (χ1) is 9.58. The van der Waals surface area contributed by atoms with Crippen LogP contribution in [0.1, 0.15) is 42.0 Å². The lowest BCUT2D eigenvalue weighted by atomic mass is 9.72. The Morgan fingerprint density at radius 1 is 1.55 bits per heavy atom. The molecule has 0 atom stereocenters. The molecule has 0 aliphatic heterocycles. The Kier molecular flexibility index (Phi) is 4.59. The van der Waals surface area contributed by atoms with Crippen LogP contribution < -0.4 is 11.1 Å². The fourth-order valence-electron chi connectivity index (χ4n) is 2.66. The maximum absolute atomic E-state index is 12.5. The molecular formula is C13H20N4O2S. The summed E-state index contributed by atoms with van der Waals surface area (Å²) in [6.45, 7) is 2.36. The summed E-state index contributed by atoms with van der Waals surface area (Å²) in [4.78, 5) is 17.8. The molecule has 0 saturated heterocycles. The molecule has 7 heteroatoms. The van der Waals surface area contributed by atoms with Crippen molar-refractivity contribution in [2.75, 3.05) is 0 Å².